The van der Waals surface area contributed by atoms with Crippen molar-refractivity contribution in [1.82, 2.24) is 10.2 Å². The van der Waals surface area contributed by atoms with Crippen molar-refractivity contribution in [3.8, 4) is 0 Å². The first-order chi connectivity index (χ1) is 9.56. The van der Waals surface area contributed by atoms with Crippen LogP contribution in [0.15, 0.2) is 18.2 Å². The van der Waals surface area contributed by atoms with E-state index in [4.69, 9.17) is 0 Å². The fraction of sp³-hybridized carbons (Fsp3) is 0.533. The minimum absolute atomic E-state index is 0.00201. The van der Waals surface area contributed by atoms with Crippen molar-refractivity contribution in [2.24, 2.45) is 5.92 Å². The van der Waals surface area contributed by atoms with E-state index in [0.29, 0.717) is 11.5 Å². The number of nitrogens with one attached hydrogen (secondary N) is 1. The number of amides is 1. The Labute approximate surface area is 117 Å². The minimum atomic E-state index is -0.603. The second kappa shape index (κ2) is 5.13. The van der Waals surface area contributed by atoms with Gasteiger partial charge in [-0.05, 0) is 37.3 Å². The summed E-state index contributed by atoms with van der Waals surface area (Å²) in [5.41, 5.74) is 0.344. The largest absolute Gasteiger partial charge is 0.319 e. The Kier molecular flexibility index (Phi) is 3.46. The highest BCUT2D eigenvalue weighted by molar-refractivity contribution is 5.81. The van der Waals surface area contributed by atoms with Crippen molar-refractivity contribution in [2.75, 3.05) is 6.54 Å². The molecule has 1 aromatic rings. The molecule has 3 rings (SSSR count). The first kappa shape index (κ1) is 13.5. The van der Waals surface area contributed by atoms with Crippen LogP contribution < -0.4 is 5.32 Å². The molecule has 3 atom stereocenters. The third-order valence-corrected chi connectivity index (χ3v) is 4.33. The summed E-state index contributed by atoms with van der Waals surface area (Å²) in [5.74, 6) is -0.616. The van der Waals surface area contributed by atoms with Gasteiger partial charge in [-0.15, -0.1) is 0 Å². The van der Waals surface area contributed by atoms with E-state index >= 15 is 0 Å². The van der Waals surface area contributed by atoms with E-state index in [1.807, 2.05) is 0 Å². The maximum absolute atomic E-state index is 13.9. The van der Waals surface area contributed by atoms with Crippen LogP contribution >= 0.6 is 0 Å². The lowest BCUT2D eigenvalue weighted by Crippen LogP contribution is -2.38. The molecular weight excluding hydrogens is 262 g/mol. The summed E-state index contributed by atoms with van der Waals surface area (Å²) >= 11 is 0. The fourth-order valence-corrected chi connectivity index (χ4v) is 3.34. The normalized spacial score (nSPS) is 30.2. The zero-order valence-corrected chi connectivity index (χ0v) is 11.4. The van der Waals surface area contributed by atoms with Gasteiger partial charge in [0.25, 0.3) is 0 Å². The van der Waals surface area contributed by atoms with Crippen LogP contribution in [0.2, 0.25) is 0 Å². The van der Waals surface area contributed by atoms with Crippen molar-refractivity contribution < 1.29 is 13.6 Å². The maximum atomic E-state index is 13.9. The Hall–Kier alpha value is -1.49. The van der Waals surface area contributed by atoms with Crippen LogP contribution in [0.3, 0.4) is 0 Å². The van der Waals surface area contributed by atoms with Gasteiger partial charge in [0.1, 0.15) is 17.8 Å². The highest BCUT2D eigenvalue weighted by Crippen LogP contribution is 2.35. The summed E-state index contributed by atoms with van der Waals surface area (Å²) in [6.07, 6.45) is 2.52. The van der Waals surface area contributed by atoms with Gasteiger partial charge in [-0.2, -0.15) is 0 Å². The van der Waals surface area contributed by atoms with Gasteiger partial charge in [0.15, 0.2) is 0 Å². The van der Waals surface area contributed by atoms with Crippen LogP contribution in [0, 0.1) is 17.6 Å². The molecule has 1 aliphatic heterocycles. The molecule has 1 aliphatic carbocycles. The summed E-state index contributed by atoms with van der Waals surface area (Å²) < 4.78 is 27.0. The highest BCUT2D eigenvalue weighted by atomic mass is 19.1. The van der Waals surface area contributed by atoms with Crippen LogP contribution in [-0.4, -0.2) is 23.4 Å². The van der Waals surface area contributed by atoms with E-state index < -0.39 is 17.8 Å². The lowest BCUT2D eigenvalue weighted by atomic mass is 10.1. The number of nitrogens with zero attached hydrogens (tertiary/aromatic N) is 1. The van der Waals surface area contributed by atoms with E-state index in [2.05, 4.69) is 12.2 Å². The van der Waals surface area contributed by atoms with E-state index in [9.17, 15) is 13.6 Å². The van der Waals surface area contributed by atoms with E-state index in [1.165, 1.54) is 12.1 Å². The van der Waals surface area contributed by atoms with Gasteiger partial charge in [-0.3, -0.25) is 10.1 Å². The molecule has 1 saturated carbocycles. The van der Waals surface area contributed by atoms with Crippen molar-refractivity contribution in [2.45, 2.75) is 38.4 Å². The second-order valence-corrected chi connectivity index (χ2v) is 5.82. The molecule has 108 valence electrons. The first-order valence-corrected chi connectivity index (χ1v) is 7.05. The smallest absolute Gasteiger partial charge is 0.238 e. The number of carbonyl (C=O) groups excluding carboxylic acids is 1. The molecule has 0 bridgehead atoms. The molecule has 1 saturated heterocycles. The average Bonchev–Trinajstić information content (AvgIpc) is 2.96. The lowest BCUT2D eigenvalue weighted by molar-refractivity contribution is -0.130. The van der Waals surface area contributed by atoms with Crippen molar-refractivity contribution in [3.05, 3.63) is 35.4 Å². The van der Waals surface area contributed by atoms with Gasteiger partial charge in [0.05, 0.1) is 6.54 Å². The van der Waals surface area contributed by atoms with Crippen molar-refractivity contribution >= 4 is 5.91 Å². The van der Waals surface area contributed by atoms with E-state index in [-0.39, 0.29) is 18.5 Å². The molecule has 1 aromatic carbocycles. The van der Waals surface area contributed by atoms with Gasteiger partial charge in [0.2, 0.25) is 5.91 Å². The molecule has 2 aliphatic rings. The summed E-state index contributed by atoms with van der Waals surface area (Å²) in [5, 5.41) is 3.04. The molecule has 0 aromatic heterocycles. The molecule has 3 nitrogen and oxygen atoms in total. The van der Waals surface area contributed by atoms with Crippen LogP contribution in [0.5, 0.6) is 0 Å². The Balaban J connectivity index is 1.89. The number of rotatable bonds is 2. The quantitative estimate of drug-likeness (QED) is 0.903. The third kappa shape index (κ3) is 2.30. The molecule has 0 radical (unpaired) electrons. The maximum Gasteiger partial charge on any atom is 0.238 e. The Morgan fingerprint density at radius 2 is 2.10 bits per heavy atom. The molecule has 0 spiro atoms. The van der Waals surface area contributed by atoms with E-state index in [0.717, 1.165) is 25.3 Å². The summed E-state index contributed by atoms with van der Waals surface area (Å²) in [4.78, 5) is 13.8. The molecule has 1 amide bonds. The summed E-state index contributed by atoms with van der Waals surface area (Å²) in [7, 11) is 0. The van der Waals surface area contributed by atoms with Crippen LogP contribution in [-0.2, 0) is 4.79 Å². The van der Waals surface area contributed by atoms with Gasteiger partial charge in [-0.25, -0.2) is 8.78 Å². The third-order valence-electron chi connectivity index (χ3n) is 4.33. The van der Waals surface area contributed by atoms with Crippen LogP contribution in [0.1, 0.15) is 37.9 Å². The number of halogens is 2. The predicted octanol–water partition coefficient (Wildman–Crippen LogP) is 2.58. The zero-order chi connectivity index (χ0) is 14.3. The lowest BCUT2D eigenvalue weighted by Gasteiger charge is -2.30. The van der Waals surface area contributed by atoms with Gasteiger partial charge >= 0.3 is 0 Å². The van der Waals surface area contributed by atoms with Crippen LogP contribution in [0.25, 0.3) is 0 Å². The summed E-state index contributed by atoms with van der Waals surface area (Å²) in [6.45, 7) is 2.38. The molecule has 20 heavy (non-hydrogen) atoms. The standard InChI is InChI=1S/C15H18F2N2O/c1-9-2-4-11(6-9)19-14(20)8-18-15(19)12-5-3-10(16)7-13(12)17/h3,5,7,9,11,15,18H,2,4,6,8H2,1H3. The van der Waals surface area contributed by atoms with Crippen LogP contribution in [0.4, 0.5) is 8.78 Å². The molecule has 2 fully saturated rings. The van der Waals surface area contributed by atoms with Gasteiger partial charge in [0, 0.05) is 17.7 Å². The Morgan fingerprint density at radius 3 is 2.75 bits per heavy atom. The van der Waals surface area contributed by atoms with Crippen molar-refractivity contribution in [3.63, 3.8) is 0 Å². The zero-order valence-electron chi connectivity index (χ0n) is 11.4. The Morgan fingerprint density at radius 1 is 1.30 bits per heavy atom. The molecule has 5 heteroatoms. The van der Waals surface area contributed by atoms with Crippen molar-refractivity contribution in [1.29, 1.82) is 0 Å². The SMILES string of the molecule is CC1CCC(N2C(=O)CNC2c2ccc(F)cc2F)C1. The van der Waals surface area contributed by atoms with Gasteiger partial charge in [-0.1, -0.05) is 6.92 Å². The number of carbonyl (C=O) groups is 1. The number of benzene rings is 1. The number of hydrogen-bond donors (Lipinski definition) is 1. The topological polar surface area (TPSA) is 32.3 Å². The fourth-order valence-electron chi connectivity index (χ4n) is 3.34. The predicted molar refractivity (Wildman–Crippen MR) is 70.8 cm³/mol. The molecule has 3 unspecified atom stereocenters. The average molecular weight is 280 g/mol. The Bertz CT molecular complexity index is 535. The molecule has 1 heterocycles. The van der Waals surface area contributed by atoms with E-state index in [1.54, 1.807) is 4.90 Å². The first-order valence-electron chi connectivity index (χ1n) is 7.05. The second-order valence-electron chi connectivity index (χ2n) is 5.82. The highest BCUT2D eigenvalue weighted by Gasteiger charge is 2.40. The number of hydrogen-bond acceptors (Lipinski definition) is 2. The summed E-state index contributed by atoms with van der Waals surface area (Å²) in [6, 6.07) is 3.68. The monoisotopic (exact) mass is 280 g/mol. The van der Waals surface area contributed by atoms with Gasteiger partial charge < -0.3 is 4.90 Å². The minimum Gasteiger partial charge on any atom is -0.319 e. The molecule has 1 N–H and O–H groups in total. The molecular formula is C15H18F2N2O.